The fraction of sp³-hybridized carbons (Fsp3) is 1.00. The summed E-state index contributed by atoms with van der Waals surface area (Å²) in [5, 5.41) is 39.5. The quantitative estimate of drug-likeness (QED) is 0.320. The second kappa shape index (κ2) is 4.32. The predicted molar refractivity (Wildman–Crippen MR) is 42.8 cm³/mol. The summed E-state index contributed by atoms with van der Waals surface area (Å²) in [6.07, 6.45) is -6.17. The van der Waals surface area contributed by atoms with E-state index < -0.39 is 30.7 Å². The van der Waals surface area contributed by atoms with Crippen molar-refractivity contribution < 1.29 is 25.2 Å². The highest BCUT2D eigenvalue weighted by atomic mass is 16.6. The van der Waals surface area contributed by atoms with E-state index in [0.29, 0.717) is 6.54 Å². The van der Waals surface area contributed by atoms with Gasteiger partial charge in [-0.05, 0) is 7.05 Å². The van der Waals surface area contributed by atoms with Crippen molar-refractivity contribution in [2.45, 2.75) is 30.7 Å². The lowest BCUT2D eigenvalue weighted by molar-refractivity contribution is -0.280. The highest BCUT2D eigenvalue weighted by molar-refractivity contribution is 4.89. The number of nitrogens with one attached hydrogen (secondary N) is 1. The lowest BCUT2D eigenvalue weighted by Crippen LogP contribution is -2.59. The van der Waals surface area contributed by atoms with E-state index in [1.165, 1.54) is 0 Å². The molecule has 78 valence electrons. The Morgan fingerprint density at radius 1 is 1.08 bits per heavy atom. The Balaban J connectivity index is 2.59. The van der Waals surface area contributed by atoms with Crippen LogP contribution in [0.5, 0.6) is 0 Å². The van der Waals surface area contributed by atoms with Crippen LogP contribution in [0.2, 0.25) is 0 Å². The number of ether oxygens (including phenoxy) is 1. The van der Waals surface area contributed by atoms with Crippen LogP contribution in [0.15, 0.2) is 0 Å². The van der Waals surface area contributed by atoms with Crippen LogP contribution in [0.1, 0.15) is 0 Å². The lowest BCUT2D eigenvalue weighted by Gasteiger charge is -2.38. The Kier molecular flexibility index (Phi) is 3.60. The number of rotatable bonds is 2. The van der Waals surface area contributed by atoms with Crippen LogP contribution in [0, 0.1) is 0 Å². The van der Waals surface area contributed by atoms with E-state index >= 15 is 0 Å². The summed E-state index contributed by atoms with van der Waals surface area (Å²) in [5.74, 6) is 0. The van der Waals surface area contributed by atoms with Crippen LogP contribution in [0.4, 0.5) is 0 Å². The molecule has 0 radical (unpaired) electrons. The summed E-state index contributed by atoms with van der Waals surface area (Å²) in [7, 11) is 1.65. The fourth-order valence-electron chi connectivity index (χ4n) is 1.30. The van der Waals surface area contributed by atoms with E-state index in [9.17, 15) is 10.2 Å². The van der Waals surface area contributed by atoms with Gasteiger partial charge in [0.15, 0.2) is 6.29 Å². The highest BCUT2D eigenvalue weighted by Crippen LogP contribution is 2.18. The van der Waals surface area contributed by atoms with E-state index in [1.54, 1.807) is 7.05 Å². The van der Waals surface area contributed by atoms with E-state index in [4.69, 9.17) is 14.9 Å². The molecule has 0 aromatic carbocycles. The van der Waals surface area contributed by atoms with Crippen molar-refractivity contribution in [1.82, 2.24) is 5.32 Å². The van der Waals surface area contributed by atoms with Gasteiger partial charge in [0.1, 0.15) is 24.4 Å². The molecule has 0 saturated carbocycles. The van der Waals surface area contributed by atoms with Gasteiger partial charge in [-0.25, -0.2) is 0 Å². The standard InChI is InChI=1S/C7H15NO5/c1-8-2-3-4(9)5(10)6(11)7(12)13-3/h3-12H,2H2,1H3/t3?,4-,5?,6?,7?/m0/s1. The van der Waals surface area contributed by atoms with Crippen molar-refractivity contribution in [3.63, 3.8) is 0 Å². The highest BCUT2D eigenvalue weighted by Gasteiger charge is 2.42. The van der Waals surface area contributed by atoms with Crippen LogP contribution in [-0.4, -0.2) is 64.7 Å². The molecule has 1 fully saturated rings. The third kappa shape index (κ3) is 2.16. The summed E-state index contributed by atoms with van der Waals surface area (Å²) < 4.78 is 4.85. The van der Waals surface area contributed by atoms with Crippen molar-refractivity contribution in [2.75, 3.05) is 13.6 Å². The first-order valence-corrected chi connectivity index (χ1v) is 4.10. The van der Waals surface area contributed by atoms with Crippen LogP contribution < -0.4 is 5.32 Å². The minimum Gasteiger partial charge on any atom is -0.388 e. The van der Waals surface area contributed by atoms with Gasteiger partial charge in [-0.15, -0.1) is 0 Å². The number of aliphatic hydroxyl groups is 4. The summed E-state index contributed by atoms with van der Waals surface area (Å²) in [4.78, 5) is 0. The Hall–Kier alpha value is -0.240. The SMILES string of the molecule is CNCC1OC(O)C(O)C(O)[C@H]1O. The molecule has 5 atom stereocenters. The molecule has 0 aromatic rings. The number of aliphatic hydroxyl groups excluding tert-OH is 4. The summed E-state index contributed by atoms with van der Waals surface area (Å²) in [5.41, 5.74) is 0. The van der Waals surface area contributed by atoms with Crippen LogP contribution >= 0.6 is 0 Å². The molecule has 1 aliphatic heterocycles. The van der Waals surface area contributed by atoms with Crippen molar-refractivity contribution in [1.29, 1.82) is 0 Å². The van der Waals surface area contributed by atoms with Crippen molar-refractivity contribution in [2.24, 2.45) is 0 Å². The van der Waals surface area contributed by atoms with Gasteiger partial charge < -0.3 is 30.5 Å². The third-order valence-corrected chi connectivity index (χ3v) is 2.09. The smallest absolute Gasteiger partial charge is 0.184 e. The van der Waals surface area contributed by atoms with Crippen molar-refractivity contribution >= 4 is 0 Å². The molecule has 0 spiro atoms. The van der Waals surface area contributed by atoms with E-state index in [-0.39, 0.29) is 0 Å². The zero-order valence-corrected chi connectivity index (χ0v) is 7.29. The average molecular weight is 193 g/mol. The lowest BCUT2D eigenvalue weighted by atomic mass is 9.99. The van der Waals surface area contributed by atoms with Crippen LogP contribution in [-0.2, 0) is 4.74 Å². The summed E-state index contributed by atoms with van der Waals surface area (Å²) in [6.45, 7) is 0.294. The summed E-state index contributed by atoms with van der Waals surface area (Å²) in [6, 6.07) is 0. The van der Waals surface area contributed by atoms with Gasteiger partial charge in [0.25, 0.3) is 0 Å². The molecule has 6 nitrogen and oxygen atoms in total. The maximum Gasteiger partial charge on any atom is 0.184 e. The average Bonchev–Trinajstić information content (AvgIpc) is 2.11. The molecule has 4 unspecified atom stereocenters. The maximum atomic E-state index is 9.37. The van der Waals surface area contributed by atoms with Crippen molar-refractivity contribution in [3.8, 4) is 0 Å². The molecular formula is C7H15NO5. The summed E-state index contributed by atoms with van der Waals surface area (Å²) >= 11 is 0. The second-order valence-corrected chi connectivity index (χ2v) is 3.09. The minimum absolute atomic E-state index is 0.294. The Morgan fingerprint density at radius 3 is 2.23 bits per heavy atom. The predicted octanol–water partition coefficient (Wildman–Crippen LogP) is -2.99. The topological polar surface area (TPSA) is 102 Å². The molecular weight excluding hydrogens is 178 g/mol. The second-order valence-electron chi connectivity index (χ2n) is 3.09. The normalized spacial score (nSPS) is 46.4. The molecule has 0 amide bonds. The molecule has 0 bridgehead atoms. The molecule has 1 saturated heterocycles. The first kappa shape index (κ1) is 10.8. The monoisotopic (exact) mass is 193 g/mol. The van der Waals surface area contributed by atoms with Gasteiger partial charge in [-0.1, -0.05) is 0 Å². The van der Waals surface area contributed by atoms with Gasteiger partial charge >= 0.3 is 0 Å². The van der Waals surface area contributed by atoms with E-state index in [2.05, 4.69) is 5.32 Å². The number of hydrogen-bond acceptors (Lipinski definition) is 6. The zero-order chi connectivity index (χ0) is 10.0. The first-order chi connectivity index (χ1) is 6.07. The van der Waals surface area contributed by atoms with Gasteiger partial charge in [0.2, 0.25) is 0 Å². The minimum atomic E-state index is -1.46. The van der Waals surface area contributed by atoms with Crippen LogP contribution in [0.25, 0.3) is 0 Å². The Bertz CT molecular complexity index is 167. The molecule has 0 aliphatic carbocycles. The molecule has 6 heteroatoms. The Morgan fingerprint density at radius 2 is 1.69 bits per heavy atom. The van der Waals surface area contributed by atoms with Crippen molar-refractivity contribution in [3.05, 3.63) is 0 Å². The first-order valence-electron chi connectivity index (χ1n) is 4.10. The maximum absolute atomic E-state index is 9.37. The molecule has 1 heterocycles. The Labute approximate surface area is 75.8 Å². The number of hydrogen-bond donors (Lipinski definition) is 5. The van der Waals surface area contributed by atoms with E-state index in [1.807, 2.05) is 0 Å². The van der Waals surface area contributed by atoms with Gasteiger partial charge in [-0.3, -0.25) is 0 Å². The molecule has 13 heavy (non-hydrogen) atoms. The van der Waals surface area contributed by atoms with Gasteiger partial charge in [0, 0.05) is 6.54 Å². The zero-order valence-electron chi connectivity index (χ0n) is 7.29. The molecule has 1 rings (SSSR count). The third-order valence-electron chi connectivity index (χ3n) is 2.09. The van der Waals surface area contributed by atoms with Crippen LogP contribution in [0.3, 0.4) is 0 Å². The molecule has 5 N–H and O–H groups in total. The number of likely N-dealkylation sites (N-methyl/N-ethyl adjacent to an activating group) is 1. The molecule has 0 aromatic heterocycles. The van der Waals surface area contributed by atoms with Gasteiger partial charge in [0.05, 0.1) is 0 Å². The fourth-order valence-corrected chi connectivity index (χ4v) is 1.30. The van der Waals surface area contributed by atoms with Gasteiger partial charge in [-0.2, -0.15) is 0 Å². The largest absolute Gasteiger partial charge is 0.388 e. The van der Waals surface area contributed by atoms with E-state index in [0.717, 1.165) is 0 Å². The molecule has 1 aliphatic rings.